The number of benzene rings is 6. The van der Waals surface area contributed by atoms with E-state index in [1.54, 1.807) is 60.9 Å². The highest BCUT2D eigenvalue weighted by Gasteiger charge is 2.19. The van der Waals surface area contributed by atoms with Crippen LogP contribution in [0.15, 0.2) is 168 Å². The van der Waals surface area contributed by atoms with E-state index in [9.17, 15) is 35.9 Å². The maximum atomic E-state index is 13.0. The molecule has 0 saturated carbocycles. The van der Waals surface area contributed by atoms with Crippen LogP contribution >= 0.6 is 0 Å². The molecule has 9 nitrogen and oxygen atoms in total. The minimum atomic E-state index is -0.749. The number of hydrogen-bond donors (Lipinski definition) is 2. The summed E-state index contributed by atoms with van der Waals surface area (Å²) in [4.78, 5) is 41.1. The lowest BCUT2D eigenvalue weighted by molar-refractivity contribution is 0.0817. The first-order chi connectivity index (χ1) is 30.0. The van der Waals surface area contributed by atoms with E-state index >= 15 is 0 Å². The summed E-state index contributed by atoms with van der Waals surface area (Å²) in [6.45, 7) is 2.41. The summed E-state index contributed by atoms with van der Waals surface area (Å²) >= 11 is 0. The highest BCUT2D eigenvalue weighted by Crippen LogP contribution is 2.28. The molecule has 0 fully saturated rings. The molecule has 6 aromatic carbocycles. The molecule has 2 heterocycles. The Morgan fingerprint density at radius 1 is 0.397 bits per heavy atom. The van der Waals surface area contributed by atoms with E-state index in [4.69, 9.17) is 11.5 Å². The van der Waals surface area contributed by atoms with Gasteiger partial charge in [-0.3, -0.25) is 29.5 Å². The molecular formula is C48H40F6N6O3. The van der Waals surface area contributed by atoms with Gasteiger partial charge in [0.2, 0.25) is 11.6 Å². The Kier molecular flexibility index (Phi) is 18.4. The highest BCUT2D eigenvalue weighted by atomic mass is 19.1. The molecule has 1 aromatic heterocycles. The first-order valence-electron chi connectivity index (χ1n) is 18.9. The monoisotopic (exact) mass is 862 g/mol. The third-order valence-corrected chi connectivity index (χ3v) is 8.62. The number of nitrogens with zero attached hydrogens (tertiary/aromatic N) is 4. The van der Waals surface area contributed by atoms with E-state index in [-0.39, 0.29) is 39.9 Å². The van der Waals surface area contributed by atoms with Crippen molar-refractivity contribution >= 4 is 23.0 Å². The van der Waals surface area contributed by atoms with Gasteiger partial charge in [-0.05, 0) is 146 Å². The van der Waals surface area contributed by atoms with Crippen molar-refractivity contribution in [1.29, 1.82) is 0 Å². The molecule has 0 bridgehead atoms. The number of carbonyl (C=O) groups excluding carboxylic acids is 2. The van der Waals surface area contributed by atoms with Gasteiger partial charge in [-0.15, -0.1) is 0 Å². The first kappa shape index (κ1) is 48.2. The molecular weight excluding hydrogens is 823 g/mol. The predicted octanol–water partition coefficient (Wildman–Crippen LogP) is 8.46. The molecule has 322 valence electrons. The molecule has 7 aromatic rings. The number of rotatable bonds is 8. The zero-order valence-corrected chi connectivity index (χ0v) is 33.4. The molecule has 1 aliphatic rings. The average Bonchev–Trinajstić information content (AvgIpc) is 3.31. The lowest BCUT2D eigenvalue weighted by Crippen LogP contribution is -2.22. The summed E-state index contributed by atoms with van der Waals surface area (Å²) < 4.78 is 77.4. The maximum absolute atomic E-state index is 13.0. The number of aliphatic imine (C=N–C) groups is 2. The standard InChI is InChI=1S/C16H12F2N2.C16H10F2N2.C14H8F2O2.C2H8N2.H2O/c2*17-13-5-1-11(2-6-13)15-16(20-10-9-19-15)12-3-7-14(18)8-4-12;15-11-5-1-9(2-6-11)13(17)14(18)10-3-7-12(16)8-4-10;3-1-2-4;/h1-8H,9-10H2;1-10H;1-8H;1-4H2;1H2. The SMILES string of the molecule is Fc1ccc(-c2nccnc2-c2ccc(F)cc2)cc1.Fc1ccc(C2=NCCN=C2c2ccc(F)cc2)cc1.NCCN.O.O=C(C(=O)c1ccc(F)cc1)c1ccc(F)cc1. The number of carbonyl (C=O) groups is 2. The van der Waals surface area contributed by atoms with Crippen molar-refractivity contribution in [3.63, 3.8) is 0 Å². The molecule has 0 unspecified atom stereocenters. The highest BCUT2D eigenvalue weighted by molar-refractivity contribution is 6.53. The van der Waals surface area contributed by atoms with Crippen LogP contribution in [0.3, 0.4) is 0 Å². The Balaban J connectivity index is 0.000000198. The Labute approximate surface area is 358 Å². The van der Waals surface area contributed by atoms with Crippen LogP contribution in [0.2, 0.25) is 0 Å². The van der Waals surface area contributed by atoms with Crippen LogP contribution in [0.25, 0.3) is 22.5 Å². The summed E-state index contributed by atoms with van der Waals surface area (Å²) in [5.41, 5.74) is 15.9. The molecule has 0 spiro atoms. The van der Waals surface area contributed by atoms with Crippen molar-refractivity contribution in [1.82, 2.24) is 9.97 Å². The molecule has 15 heteroatoms. The van der Waals surface area contributed by atoms with Gasteiger partial charge in [-0.2, -0.15) is 0 Å². The molecule has 1 aliphatic heterocycles. The molecule has 8 rings (SSSR count). The van der Waals surface area contributed by atoms with Crippen molar-refractivity contribution in [3.8, 4) is 22.5 Å². The zero-order valence-electron chi connectivity index (χ0n) is 33.4. The first-order valence-corrected chi connectivity index (χ1v) is 18.9. The summed E-state index contributed by atoms with van der Waals surface area (Å²) in [5.74, 6) is -3.65. The fourth-order valence-electron chi connectivity index (χ4n) is 5.59. The Hall–Kier alpha value is -7.46. The fraction of sp³-hybridized carbons (Fsp3) is 0.0833. The lowest BCUT2D eigenvalue weighted by atomic mass is 9.98. The molecule has 0 amide bonds. The minimum Gasteiger partial charge on any atom is -0.412 e. The van der Waals surface area contributed by atoms with Gasteiger partial charge in [-0.25, -0.2) is 26.3 Å². The predicted molar refractivity (Wildman–Crippen MR) is 232 cm³/mol. The molecule has 0 aliphatic carbocycles. The second kappa shape index (κ2) is 24.1. The zero-order chi connectivity index (χ0) is 44.4. The summed E-state index contributed by atoms with van der Waals surface area (Å²) in [7, 11) is 0. The van der Waals surface area contributed by atoms with Crippen LogP contribution in [0.5, 0.6) is 0 Å². The van der Waals surface area contributed by atoms with Crippen LogP contribution < -0.4 is 11.5 Å². The molecule has 63 heavy (non-hydrogen) atoms. The Morgan fingerprint density at radius 2 is 0.635 bits per heavy atom. The quantitative estimate of drug-likeness (QED) is 0.0883. The lowest BCUT2D eigenvalue weighted by Gasteiger charge is -2.15. The molecule has 0 radical (unpaired) electrons. The van der Waals surface area contributed by atoms with Gasteiger partial charge in [0, 0.05) is 58.9 Å². The van der Waals surface area contributed by atoms with E-state index in [2.05, 4.69) is 20.0 Å². The smallest absolute Gasteiger partial charge is 0.233 e. The van der Waals surface area contributed by atoms with Gasteiger partial charge in [0.15, 0.2) is 0 Å². The summed E-state index contributed by atoms with van der Waals surface area (Å²) in [5, 5.41) is 0. The second-order valence-corrected chi connectivity index (χ2v) is 13.0. The molecule has 0 atom stereocenters. The van der Waals surface area contributed by atoms with E-state index in [0.29, 0.717) is 37.6 Å². The molecule has 6 N–H and O–H groups in total. The van der Waals surface area contributed by atoms with Crippen LogP contribution in [-0.2, 0) is 0 Å². The topological polar surface area (TPSA) is 168 Å². The van der Waals surface area contributed by atoms with E-state index in [1.165, 1.54) is 72.8 Å². The van der Waals surface area contributed by atoms with Gasteiger partial charge in [-0.1, -0.05) is 0 Å². The van der Waals surface area contributed by atoms with Gasteiger partial charge >= 0.3 is 0 Å². The molecule has 0 saturated heterocycles. The van der Waals surface area contributed by atoms with E-state index in [1.807, 2.05) is 0 Å². The third kappa shape index (κ3) is 14.0. The fourth-order valence-corrected chi connectivity index (χ4v) is 5.59. The number of nitrogens with two attached hydrogens (primary N) is 2. The maximum Gasteiger partial charge on any atom is 0.233 e. The third-order valence-electron chi connectivity index (χ3n) is 8.62. The number of aromatic nitrogens is 2. The van der Waals surface area contributed by atoms with Gasteiger partial charge < -0.3 is 16.9 Å². The van der Waals surface area contributed by atoms with Crippen LogP contribution in [0, 0.1) is 34.9 Å². The van der Waals surface area contributed by atoms with Crippen molar-refractivity contribution < 1.29 is 41.4 Å². The van der Waals surface area contributed by atoms with Crippen molar-refractivity contribution in [2.45, 2.75) is 0 Å². The Bertz CT molecular complexity index is 2430. The van der Waals surface area contributed by atoms with E-state index < -0.39 is 23.2 Å². The van der Waals surface area contributed by atoms with Crippen LogP contribution in [0.1, 0.15) is 31.8 Å². The van der Waals surface area contributed by atoms with Gasteiger partial charge in [0.1, 0.15) is 34.9 Å². The average molecular weight is 863 g/mol. The second-order valence-electron chi connectivity index (χ2n) is 13.0. The van der Waals surface area contributed by atoms with E-state index in [0.717, 1.165) is 57.9 Å². The largest absolute Gasteiger partial charge is 0.412 e. The minimum absolute atomic E-state index is 0. The Morgan fingerprint density at radius 3 is 0.889 bits per heavy atom. The number of hydrogen-bond acceptors (Lipinski definition) is 8. The van der Waals surface area contributed by atoms with Crippen molar-refractivity contribution in [2.75, 3.05) is 26.2 Å². The normalized spacial score (nSPS) is 11.4. The van der Waals surface area contributed by atoms with Crippen LogP contribution in [0.4, 0.5) is 26.3 Å². The van der Waals surface area contributed by atoms with Crippen molar-refractivity contribution in [2.24, 2.45) is 21.5 Å². The number of ketones is 2. The van der Waals surface area contributed by atoms with Gasteiger partial charge in [0.25, 0.3) is 0 Å². The summed E-state index contributed by atoms with van der Waals surface area (Å²) in [6, 6.07) is 33.7. The van der Waals surface area contributed by atoms with Gasteiger partial charge in [0.05, 0.1) is 35.9 Å². The summed E-state index contributed by atoms with van der Waals surface area (Å²) in [6.07, 6.45) is 3.15. The van der Waals surface area contributed by atoms with Crippen molar-refractivity contribution in [3.05, 3.63) is 215 Å². The number of Topliss-reactive ketones (excluding diaryl/α,β-unsaturated/α-hetero) is 2. The van der Waals surface area contributed by atoms with Crippen LogP contribution in [-0.4, -0.2) is 64.6 Å². The number of halogens is 6.